The predicted molar refractivity (Wildman–Crippen MR) is 81.7 cm³/mol. The normalized spacial score (nSPS) is 11.3. The fourth-order valence-electron chi connectivity index (χ4n) is 2.14. The Bertz CT molecular complexity index is 880. The number of aromatic amines is 1. The number of aromatic hydroxyl groups is 2. The molecule has 0 bridgehead atoms. The molecule has 0 aliphatic heterocycles. The summed E-state index contributed by atoms with van der Waals surface area (Å²) in [6, 6.07) is 11.3. The SMILES string of the molecule is Cc1ccc2[nH]c(O)c(N=NC(=O)c3ccc(O)cc3)c2c1. The maximum atomic E-state index is 11.9. The van der Waals surface area contributed by atoms with Gasteiger partial charge < -0.3 is 15.2 Å². The number of benzene rings is 2. The predicted octanol–water partition coefficient (Wildman–Crippen LogP) is 3.81. The van der Waals surface area contributed by atoms with Crippen LogP contribution in [0, 0.1) is 6.92 Å². The molecule has 0 unspecified atom stereocenters. The van der Waals surface area contributed by atoms with Crippen LogP contribution >= 0.6 is 0 Å². The number of azo groups is 1. The highest BCUT2D eigenvalue weighted by molar-refractivity contribution is 5.97. The van der Waals surface area contributed by atoms with Crippen LogP contribution in [0.3, 0.4) is 0 Å². The Morgan fingerprint density at radius 1 is 1.09 bits per heavy atom. The van der Waals surface area contributed by atoms with Crippen molar-refractivity contribution in [3.05, 3.63) is 53.6 Å². The zero-order chi connectivity index (χ0) is 15.7. The van der Waals surface area contributed by atoms with Gasteiger partial charge in [0.25, 0.3) is 5.91 Å². The molecular weight excluding hydrogens is 282 g/mol. The minimum Gasteiger partial charge on any atom is -0.508 e. The summed E-state index contributed by atoms with van der Waals surface area (Å²) >= 11 is 0. The molecule has 3 aromatic rings. The van der Waals surface area contributed by atoms with Gasteiger partial charge in [-0.3, -0.25) is 4.79 Å². The van der Waals surface area contributed by atoms with Gasteiger partial charge in [0.1, 0.15) is 5.75 Å². The highest BCUT2D eigenvalue weighted by Crippen LogP contribution is 2.35. The number of phenols is 1. The quantitative estimate of drug-likeness (QED) is 0.627. The number of nitrogens with zero attached hydrogens (tertiary/aromatic N) is 2. The minimum atomic E-state index is -0.554. The Labute approximate surface area is 125 Å². The number of phenolic OH excluding ortho intramolecular Hbond substituents is 1. The Balaban J connectivity index is 1.95. The molecule has 1 amide bonds. The standard InChI is InChI=1S/C16H13N3O3/c1-9-2-7-13-12(8-9)14(16(22)17-13)18-19-15(21)10-3-5-11(20)6-4-10/h2-8,17,20,22H,1H3. The van der Waals surface area contributed by atoms with E-state index in [1.54, 1.807) is 0 Å². The maximum absolute atomic E-state index is 11.9. The number of rotatable bonds is 2. The summed E-state index contributed by atoms with van der Waals surface area (Å²) in [5, 5.41) is 27.3. The van der Waals surface area contributed by atoms with Crippen molar-refractivity contribution in [2.24, 2.45) is 10.2 Å². The number of amides is 1. The molecule has 3 rings (SSSR count). The van der Waals surface area contributed by atoms with Crippen molar-refractivity contribution in [3.8, 4) is 11.6 Å². The first kappa shape index (κ1) is 13.8. The van der Waals surface area contributed by atoms with Gasteiger partial charge in [0, 0.05) is 10.9 Å². The lowest BCUT2D eigenvalue weighted by atomic mass is 10.1. The van der Waals surface area contributed by atoms with E-state index in [-0.39, 0.29) is 17.3 Å². The van der Waals surface area contributed by atoms with Crippen molar-refractivity contribution in [2.75, 3.05) is 0 Å². The van der Waals surface area contributed by atoms with Crippen LogP contribution in [0.2, 0.25) is 0 Å². The van der Waals surface area contributed by atoms with Crippen molar-refractivity contribution in [1.29, 1.82) is 0 Å². The van der Waals surface area contributed by atoms with Gasteiger partial charge >= 0.3 is 0 Å². The van der Waals surface area contributed by atoms with Crippen LogP contribution in [-0.2, 0) is 0 Å². The van der Waals surface area contributed by atoms with Crippen LogP contribution < -0.4 is 0 Å². The molecule has 2 aromatic carbocycles. The summed E-state index contributed by atoms with van der Waals surface area (Å²) in [5.41, 5.74) is 2.25. The van der Waals surface area contributed by atoms with Crippen LogP contribution in [0.5, 0.6) is 11.6 Å². The average molecular weight is 295 g/mol. The van der Waals surface area contributed by atoms with E-state index in [0.29, 0.717) is 16.5 Å². The summed E-state index contributed by atoms with van der Waals surface area (Å²) in [5.74, 6) is -0.623. The van der Waals surface area contributed by atoms with Crippen molar-refractivity contribution < 1.29 is 15.0 Å². The monoisotopic (exact) mass is 295 g/mol. The second kappa shape index (κ2) is 5.33. The maximum Gasteiger partial charge on any atom is 0.295 e. The highest BCUT2D eigenvalue weighted by atomic mass is 16.3. The van der Waals surface area contributed by atoms with Gasteiger partial charge in [-0.05, 0) is 43.3 Å². The molecular formula is C16H13N3O3. The summed E-state index contributed by atoms with van der Waals surface area (Å²) in [7, 11) is 0. The lowest BCUT2D eigenvalue weighted by molar-refractivity contribution is 0.0995. The highest BCUT2D eigenvalue weighted by Gasteiger charge is 2.11. The van der Waals surface area contributed by atoms with Crippen LogP contribution in [0.25, 0.3) is 10.9 Å². The van der Waals surface area contributed by atoms with Crippen LogP contribution in [0.1, 0.15) is 15.9 Å². The largest absolute Gasteiger partial charge is 0.508 e. The van der Waals surface area contributed by atoms with Crippen LogP contribution in [-0.4, -0.2) is 21.1 Å². The topological polar surface area (TPSA) is 98.0 Å². The Hall–Kier alpha value is -3.15. The van der Waals surface area contributed by atoms with Crippen LogP contribution in [0.4, 0.5) is 5.69 Å². The Morgan fingerprint density at radius 2 is 1.82 bits per heavy atom. The first-order valence-electron chi connectivity index (χ1n) is 6.61. The number of nitrogens with one attached hydrogen (secondary N) is 1. The van der Waals surface area contributed by atoms with Gasteiger partial charge in [-0.25, -0.2) is 0 Å². The lowest BCUT2D eigenvalue weighted by Gasteiger charge is -1.96. The molecule has 0 aliphatic carbocycles. The van der Waals surface area contributed by atoms with Gasteiger partial charge in [0.2, 0.25) is 5.88 Å². The third-order valence-electron chi connectivity index (χ3n) is 3.26. The van der Waals surface area contributed by atoms with Crippen LogP contribution in [0.15, 0.2) is 52.7 Å². The van der Waals surface area contributed by atoms with Crippen molar-refractivity contribution in [1.82, 2.24) is 4.98 Å². The Morgan fingerprint density at radius 3 is 2.55 bits per heavy atom. The number of hydrogen-bond acceptors (Lipinski definition) is 4. The van der Waals surface area contributed by atoms with Gasteiger partial charge in [0.15, 0.2) is 5.69 Å². The van der Waals surface area contributed by atoms with Crippen molar-refractivity contribution in [3.63, 3.8) is 0 Å². The first-order chi connectivity index (χ1) is 10.5. The number of fused-ring (bicyclic) bond motifs is 1. The van der Waals surface area contributed by atoms with Gasteiger partial charge in [-0.15, -0.1) is 10.2 Å². The molecule has 0 radical (unpaired) electrons. The van der Waals surface area contributed by atoms with E-state index < -0.39 is 5.91 Å². The molecule has 0 saturated heterocycles. The number of aryl methyl sites for hydroxylation is 1. The zero-order valence-electron chi connectivity index (χ0n) is 11.7. The smallest absolute Gasteiger partial charge is 0.295 e. The number of H-pyrrole nitrogens is 1. The second-order valence-electron chi connectivity index (χ2n) is 4.92. The van der Waals surface area contributed by atoms with Gasteiger partial charge in [0.05, 0.1) is 5.52 Å². The first-order valence-corrected chi connectivity index (χ1v) is 6.61. The second-order valence-corrected chi connectivity index (χ2v) is 4.92. The molecule has 0 atom stereocenters. The molecule has 0 saturated carbocycles. The number of hydrogen-bond donors (Lipinski definition) is 3. The minimum absolute atomic E-state index is 0.0678. The molecule has 6 nitrogen and oxygen atoms in total. The zero-order valence-corrected chi connectivity index (χ0v) is 11.7. The molecule has 3 N–H and O–H groups in total. The van der Waals surface area contributed by atoms with E-state index in [9.17, 15) is 15.0 Å². The van der Waals surface area contributed by atoms with E-state index >= 15 is 0 Å². The summed E-state index contributed by atoms with van der Waals surface area (Å²) in [6.07, 6.45) is 0. The molecule has 110 valence electrons. The summed E-state index contributed by atoms with van der Waals surface area (Å²) in [6.45, 7) is 1.92. The van der Waals surface area contributed by atoms with E-state index in [1.807, 2.05) is 25.1 Å². The number of carbonyl (C=O) groups is 1. The molecule has 0 aliphatic rings. The molecule has 6 heteroatoms. The van der Waals surface area contributed by atoms with E-state index in [0.717, 1.165) is 5.56 Å². The fraction of sp³-hybridized carbons (Fsp3) is 0.0625. The average Bonchev–Trinajstić information content (AvgIpc) is 2.80. The third-order valence-corrected chi connectivity index (χ3v) is 3.26. The van der Waals surface area contributed by atoms with E-state index in [1.165, 1.54) is 24.3 Å². The van der Waals surface area contributed by atoms with E-state index in [4.69, 9.17) is 0 Å². The number of aromatic nitrogens is 1. The molecule has 0 spiro atoms. The third kappa shape index (κ3) is 2.54. The molecule has 1 aromatic heterocycles. The molecule has 0 fully saturated rings. The van der Waals surface area contributed by atoms with Gasteiger partial charge in [-0.1, -0.05) is 11.6 Å². The number of carbonyl (C=O) groups excluding carboxylic acids is 1. The summed E-state index contributed by atoms with van der Waals surface area (Å²) < 4.78 is 0. The molecule has 22 heavy (non-hydrogen) atoms. The lowest BCUT2D eigenvalue weighted by Crippen LogP contribution is -1.92. The van der Waals surface area contributed by atoms with E-state index in [2.05, 4.69) is 15.2 Å². The van der Waals surface area contributed by atoms with Crippen molar-refractivity contribution in [2.45, 2.75) is 6.92 Å². The Kier molecular flexibility index (Phi) is 3.34. The van der Waals surface area contributed by atoms with Gasteiger partial charge in [-0.2, -0.15) is 0 Å². The molecule has 1 heterocycles. The fourth-order valence-corrected chi connectivity index (χ4v) is 2.14. The van der Waals surface area contributed by atoms with Crippen molar-refractivity contribution >= 4 is 22.5 Å². The summed E-state index contributed by atoms with van der Waals surface area (Å²) in [4.78, 5) is 14.7.